The maximum atomic E-state index is 12.9. The Balaban J connectivity index is 1.20. The summed E-state index contributed by atoms with van der Waals surface area (Å²) in [5.74, 6) is 0.0866. The van der Waals surface area contributed by atoms with Crippen LogP contribution in [0.15, 0.2) is 79.5 Å². The average Bonchev–Trinajstić information content (AvgIpc) is 3.62. The van der Waals surface area contributed by atoms with Gasteiger partial charge in [0.2, 0.25) is 5.91 Å². The number of pyridine rings is 3. The molecule has 1 aliphatic heterocycles. The van der Waals surface area contributed by atoms with Crippen molar-refractivity contribution in [1.82, 2.24) is 35.0 Å². The number of carbonyl (C=O) groups excluding carboxylic acids is 1. The number of benzene rings is 1. The number of rotatable bonds is 5. The minimum atomic E-state index is 0.0290. The number of likely N-dealkylation sites (tertiary alicyclic amines) is 1. The Kier molecular flexibility index (Phi) is 6.05. The fourth-order valence-electron chi connectivity index (χ4n) is 5.50. The first kappa shape index (κ1) is 24.2. The summed E-state index contributed by atoms with van der Waals surface area (Å²) in [6.45, 7) is 1.88. The molecule has 0 aliphatic carbocycles. The maximum absolute atomic E-state index is 12.9. The summed E-state index contributed by atoms with van der Waals surface area (Å²) < 4.78 is 0. The predicted octanol–water partition coefficient (Wildman–Crippen LogP) is 5.51. The molecule has 1 amide bonds. The minimum Gasteiger partial charge on any atom is -0.353 e. The van der Waals surface area contributed by atoms with Crippen LogP contribution in [0, 0.1) is 5.92 Å². The molecule has 6 heterocycles. The molecule has 0 spiro atoms. The van der Waals surface area contributed by atoms with Gasteiger partial charge in [-0.3, -0.25) is 19.9 Å². The number of fused-ring (bicyclic) bond motifs is 2. The molecule has 9 heteroatoms. The third-order valence-electron chi connectivity index (χ3n) is 7.74. The van der Waals surface area contributed by atoms with Crippen LogP contribution in [0.3, 0.4) is 0 Å². The maximum Gasteiger partial charge on any atom is 0.227 e. The SMILES string of the molecule is CN1CCC(C(=O)Nc2cncc(-c3cnc4[nH]nc(-c5cc6c(-c7cccnc7)cccc6[nH]5)c4c3)c2)CC1. The van der Waals surface area contributed by atoms with Gasteiger partial charge in [-0.15, -0.1) is 0 Å². The fraction of sp³-hybridized carbons (Fsp3) is 0.194. The lowest BCUT2D eigenvalue weighted by Gasteiger charge is -2.28. The van der Waals surface area contributed by atoms with Crippen LogP contribution in [0.5, 0.6) is 0 Å². The molecule has 1 aromatic carbocycles. The number of hydrogen-bond donors (Lipinski definition) is 3. The number of aromatic nitrogens is 6. The van der Waals surface area contributed by atoms with E-state index >= 15 is 0 Å². The van der Waals surface area contributed by atoms with Crippen molar-refractivity contribution in [3.05, 3.63) is 79.5 Å². The van der Waals surface area contributed by atoms with Crippen LogP contribution in [-0.2, 0) is 4.79 Å². The largest absolute Gasteiger partial charge is 0.353 e. The first-order chi connectivity index (χ1) is 19.6. The molecule has 5 aromatic heterocycles. The van der Waals surface area contributed by atoms with E-state index in [-0.39, 0.29) is 11.8 Å². The Labute approximate surface area is 230 Å². The summed E-state index contributed by atoms with van der Waals surface area (Å²) >= 11 is 0. The number of nitrogens with zero attached hydrogens (tertiary/aromatic N) is 5. The van der Waals surface area contributed by atoms with Gasteiger partial charge in [-0.05, 0) is 68.9 Å². The van der Waals surface area contributed by atoms with E-state index in [0.717, 1.165) is 75.9 Å². The summed E-state index contributed by atoms with van der Waals surface area (Å²) in [4.78, 5) is 32.0. The van der Waals surface area contributed by atoms with Crippen molar-refractivity contribution in [2.45, 2.75) is 12.8 Å². The molecule has 6 aromatic rings. The van der Waals surface area contributed by atoms with Crippen molar-refractivity contribution in [1.29, 1.82) is 0 Å². The number of H-pyrrole nitrogens is 2. The standard InChI is InChI=1S/C31H28N8O/c1-39-10-7-19(8-11-39)31(40)35-23-12-21(16-33-18-23)22-13-26-29(37-38-30(26)34-17-22)28-14-25-24(5-2-6-27(25)36-28)20-4-3-9-32-15-20/h2-6,9,12-19,36H,7-8,10-11H2,1H3,(H,35,40)(H,34,37,38). The van der Waals surface area contributed by atoms with Crippen LogP contribution in [0.2, 0.25) is 0 Å². The monoisotopic (exact) mass is 528 g/mol. The van der Waals surface area contributed by atoms with Gasteiger partial charge in [-0.1, -0.05) is 18.2 Å². The van der Waals surface area contributed by atoms with Gasteiger partial charge in [-0.2, -0.15) is 5.10 Å². The molecule has 198 valence electrons. The van der Waals surface area contributed by atoms with E-state index in [1.165, 1.54) is 0 Å². The number of aromatic amines is 2. The third kappa shape index (κ3) is 4.50. The number of nitrogens with one attached hydrogen (secondary N) is 3. The van der Waals surface area contributed by atoms with E-state index in [4.69, 9.17) is 0 Å². The number of hydrogen-bond acceptors (Lipinski definition) is 6. The summed E-state index contributed by atoms with van der Waals surface area (Å²) in [5.41, 5.74) is 8.03. The number of amides is 1. The predicted molar refractivity (Wildman–Crippen MR) is 156 cm³/mol. The molecule has 3 N–H and O–H groups in total. The van der Waals surface area contributed by atoms with Crippen LogP contribution in [0.4, 0.5) is 5.69 Å². The average molecular weight is 529 g/mol. The van der Waals surface area contributed by atoms with E-state index in [0.29, 0.717) is 11.3 Å². The van der Waals surface area contributed by atoms with Gasteiger partial charge in [0.15, 0.2) is 5.65 Å². The number of carbonyl (C=O) groups is 1. The molecule has 40 heavy (non-hydrogen) atoms. The third-order valence-corrected chi connectivity index (χ3v) is 7.74. The summed E-state index contributed by atoms with van der Waals surface area (Å²) in [6, 6.07) is 16.4. The first-order valence-electron chi connectivity index (χ1n) is 13.4. The van der Waals surface area contributed by atoms with Gasteiger partial charge >= 0.3 is 0 Å². The van der Waals surface area contributed by atoms with Gasteiger partial charge in [0, 0.05) is 63.7 Å². The van der Waals surface area contributed by atoms with Gasteiger partial charge < -0.3 is 15.2 Å². The van der Waals surface area contributed by atoms with E-state index in [9.17, 15) is 4.79 Å². The normalized spacial score (nSPS) is 14.6. The zero-order chi connectivity index (χ0) is 27.1. The number of anilines is 1. The highest BCUT2D eigenvalue weighted by Gasteiger charge is 2.23. The molecule has 0 saturated carbocycles. The second-order valence-electron chi connectivity index (χ2n) is 10.4. The fourth-order valence-corrected chi connectivity index (χ4v) is 5.50. The van der Waals surface area contributed by atoms with Gasteiger partial charge in [0.25, 0.3) is 0 Å². The van der Waals surface area contributed by atoms with Crippen molar-refractivity contribution >= 4 is 33.5 Å². The zero-order valence-corrected chi connectivity index (χ0v) is 22.1. The molecular formula is C31H28N8O. The van der Waals surface area contributed by atoms with Crippen molar-refractivity contribution in [3.63, 3.8) is 0 Å². The highest BCUT2D eigenvalue weighted by atomic mass is 16.1. The summed E-state index contributed by atoms with van der Waals surface area (Å²) in [5, 5.41) is 12.7. The molecule has 1 fully saturated rings. The Bertz CT molecular complexity index is 1830. The summed E-state index contributed by atoms with van der Waals surface area (Å²) in [6.07, 6.45) is 10.7. The van der Waals surface area contributed by atoms with Crippen molar-refractivity contribution in [3.8, 4) is 33.6 Å². The molecule has 0 radical (unpaired) electrons. The highest BCUT2D eigenvalue weighted by molar-refractivity contribution is 6.01. The summed E-state index contributed by atoms with van der Waals surface area (Å²) in [7, 11) is 2.09. The van der Waals surface area contributed by atoms with Crippen LogP contribution >= 0.6 is 0 Å². The molecule has 7 rings (SSSR count). The lowest BCUT2D eigenvalue weighted by Crippen LogP contribution is -2.35. The van der Waals surface area contributed by atoms with Crippen LogP contribution in [-0.4, -0.2) is 61.1 Å². The minimum absolute atomic E-state index is 0.0290. The number of piperidine rings is 1. The molecule has 0 bridgehead atoms. The quantitative estimate of drug-likeness (QED) is 0.272. The van der Waals surface area contributed by atoms with Crippen LogP contribution < -0.4 is 5.32 Å². The molecule has 0 atom stereocenters. The second-order valence-corrected chi connectivity index (χ2v) is 10.4. The molecule has 1 aliphatic rings. The Morgan fingerprint density at radius 2 is 1.77 bits per heavy atom. The van der Waals surface area contributed by atoms with Gasteiger partial charge in [0.1, 0.15) is 5.69 Å². The Morgan fingerprint density at radius 3 is 2.62 bits per heavy atom. The topological polar surface area (TPSA) is 115 Å². The van der Waals surface area contributed by atoms with E-state index in [1.54, 1.807) is 24.8 Å². The molecule has 1 saturated heterocycles. The highest BCUT2D eigenvalue weighted by Crippen LogP contribution is 2.34. The van der Waals surface area contributed by atoms with E-state index in [1.807, 2.05) is 24.4 Å². The van der Waals surface area contributed by atoms with E-state index in [2.05, 4.69) is 77.7 Å². The lowest BCUT2D eigenvalue weighted by atomic mass is 9.96. The van der Waals surface area contributed by atoms with Gasteiger partial charge in [-0.25, -0.2) is 4.98 Å². The Hall–Kier alpha value is -4.89. The second kappa shape index (κ2) is 10.0. The lowest BCUT2D eigenvalue weighted by molar-refractivity contribution is -0.121. The smallest absolute Gasteiger partial charge is 0.227 e. The first-order valence-corrected chi connectivity index (χ1v) is 13.4. The van der Waals surface area contributed by atoms with Crippen LogP contribution in [0.25, 0.3) is 55.6 Å². The molecule has 9 nitrogen and oxygen atoms in total. The van der Waals surface area contributed by atoms with Crippen LogP contribution in [0.1, 0.15) is 12.8 Å². The van der Waals surface area contributed by atoms with Crippen molar-refractivity contribution < 1.29 is 4.79 Å². The Morgan fingerprint density at radius 1 is 0.925 bits per heavy atom. The molecular weight excluding hydrogens is 500 g/mol. The van der Waals surface area contributed by atoms with Crippen molar-refractivity contribution in [2.75, 3.05) is 25.5 Å². The molecule has 0 unspecified atom stereocenters. The zero-order valence-electron chi connectivity index (χ0n) is 22.1. The van der Waals surface area contributed by atoms with E-state index < -0.39 is 0 Å². The van der Waals surface area contributed by atoms with Gasteiger partial charge in [0.05, 0.1) is 17.6 Å². The van der Waals surface area contributed by atoms with Crippen molar-refractivity contribution in [2.24, 2.45) is 5.92 Å².